The van der Waals surface area contributed by atoms with Crippen LogP contribution in [0.5, 0.6) is 0 Å². The van der Waals surface area contributed by atoms with E-state index in [2.05, 4.69) is 4.52 Å². The maximum absolute atomic E-state index is 10.2. The smallest absolute Gasteiger partial charge is 0.470 e. The molecule has 0 saturated heterocycles. The van der Waals surface area contributed by atoms with Crippen LogP contribution in [0.2, 0.25) is 0 Å². The summed E-state index contributed by atoms with van der Waals surface area (Å²) in [7, 11) is -4.94. The third kappa shape index (κ3) is 4.94. The maximum atomic E-state index is 10.2. The standard InChI is InChI=1S/C4H9O8P/c5-1-2(3(6)4(7)8)12-13(9,10)11/h2-3,5-6H,1H2,(H,7,8)(H2,9,10,11)/p-1/t2-,3-/m1/s1. The van der Waals surface area contributed by atoms with Gasteiger partial charge in [-0.1, -0.05) is 0 Å². The van der Waals surface area contributed by atoms with Crippen LogP contribution in [0, 0.1) is 0 Å². The predicted octanol–water partition coefficient (Wildman–Crippen LogP) is -3.43. The van der Waals surface area contributed by atoms with Crippen molar-refractivity contribution in [1.82, 2.24) is 0 Å². The third-order valence-electron chi connectivity index (χ3n) is 1.05. The van der Waals surface area contributed by atoms with Crippen LogP contribution in [0.25, 0.3) is 0 Å². The number of hydrogen-bond donors (Lipinski definition) is 4. The minimum atomic E-state index is -4.94. The fourth-order valence-corrected chi connectivity index (χ4v) is 1.05. The number of rotatable bonds is 5. The summed E-state index contributed by atoms with van der Waals surface area (Å²) in [4.78, 5) is 26.4. The van der Waals surface area contributed by atoms with Gasteiger partial charge in [0.15, 0.2) is 0 Å². The molecule has 0 aromatic heterocycles. The number of carbonyl (C=O) groups excluding carboxylic acids is 1. The van der Waals surface area contributed by atoms with Crippen molar-refractivity contribution in [2.45, 2.75) is 12.2 Å². The summed E-state index contributed by atoms with van der Waals surface area (Å²) in [6.07, 6.45) is -4.21. The molecule has 9 heteroatoms. The lowest BCUT2D eigenvalue weighted by Crippen LogP contribution is -2.45. The minimum absolute atomic E-state index is 1.06. The van der Waals surface area contributed by atoms with Gasteiger partial charge in [0, 0.05) is 0 Å². The Kier molecular flexibility index (Phi) is 4.48. The Morgan fingerprint density at radius 1 is 1.54 bits per heavy atom. The molecule has 0 aromatic rings. The highest BCUT2D eigenvalue weighted by Gasteiger charge is 2.28. The summed E-state index contributed by atoms with van der Waals surface area (Å²) in [5.74, 6) is -1.99. The SMILES string of the molecule is O=C([O-])[C@H](O)[C@@H](CO)OP(=O)(O)O. The molecule has 0 aliphatic rings. The highest BCUT2D eigenvalue weighted by atomic mass is 31.2. The van der Waals surface area contributed by atoms with Crippen molar-refractivity contribution in [3.8, 4) is 0 Å². The van der Waals surface area contributed by atoms with E-state index in [0.717, 1.165) is 0 Å². The van der Waals surface area contributed by atoms with E-state index in [-0.39, 0.29) is 0 Å². The largest absolute Gasteiger partial charge is 0.547 e. The van der Waals surface area contributed by atoms with Crippen LogP contribution in [-0.2, 0) is 13.9 Å². The van der Waals surface area contributed by atoms with Crippen molar-refractivity contribution < 1.29 is 39.0 Å². The topological polar surface area (TPSA) is 147 Å². The average Bonchev–Trinajstić information content (AvgIpc) is 1.97. The molecule has 0 unspecified atom stereocenters. The second-order valence-electron chi connectivity index (χ2n) is 2.08. The van der Waals surface area contributed by atoms with Gasteiger partial charge in [-0.15, -0.1) is 0 Å². The average molecular weight is 215 g/mol. The summed E-state index contributed by atoms with van der Waals surface area (Å²) in [5.41, 5.74) is 0. The van der Waals surface area contributed by atoms with Crippen molar-refractivity contribution in [2.24, 2.45) is 0 Å². The first kappa shape index (κ1) is 12.5. The lowest BCUT2D eigenvalue weighted by atomic mass is 10.2. The van der Waals surface area contributed by atoms with Gasteiger partial charge in [-0.3, -0.25) is 4.52 Å². The number of carboxylic acids is 1. The lowest BCUT2D eigenvalue weighted by Gasteiger charge is -2.21. The lowest BCUT2D eigenvalue weighted by molar-refractivity contribution is -0.318. The number of aliphatic hydroxyl groups excluding tert-OH is 2. The van der Waals surface area contributed by atoms with Gasteiger partial charge in [0.2, 0.25) is 0 Å². The molecule has 0 aromatic carbocycles. The molecular formula is C4H8O8P-. The number of hydrogen-bond acceptors (Lipinski definition) is 6. The van der Waals surface area contributed by atoms with Crippen molar-refractivity contribution in [1.29, 1.82) is 0 Å². The molecule has 0 fully saturated rings. The summed E-state index contributed by atoms with van der Waals surface area (Å²) in [6, 6.07) is 0. The van der Waals surface area contributed by atoms with Gasteiger partial charge < -0.3 is 29.9 Å². The maximum Gasteiger partial charge on any atom is 0.470 e. The Bertz CT molecular complexity index is 220. The van der Waals surface area contributed by atoms with Crippen LogP contribution in [0.15, 0.2) is 0 Å². The zero-order chi connectivity index (χ0) is 10.6. The van der Waals surface area contributed by atoms with Gasteiger partial charge in [-0.2, -0.15) is 0 Å². The van der Waals surface area contributed by atoms with Crippen LogP contribution in [0.4, 0.5) is 0 Å². The number of carboxylic acid groups (broad SMARTS) is 1. The molecule has 2 atom stereocenters. The van der Waals surface area contributed by atoms with Crippen LogP contribution in [-0.4, -0.2) is 44.8 Å². The Morgan fingerprint density at radius 3 is 2.23 bits per heavy atom. The van der Waals surface area contributed by atoms with Crippen LogP contribution in [0.3, 0.4) is 0 Å². The molecule has 0 aliphatic carbocycles. The van der Waals surface area contributed by atoms with E-state index in [9.17, 15) is 14.5 Å². The molecule has 0 aliphatic heterocycles. The summed E-state index contributed by atoms with van der Waals surface area (Å²) in [5, 5.41) is 27.0. The number of aliphatic carboxylic acids is 1. The van der Waals surface area contributed by atoms with Crippen LogP contribution >= 0.6 is 7.82 Å². The Labute approximate surface area is 72.6 Å². The number of aliphatic hydroxyl groups is 2. The molecule has 0 heterocycles. The zero-order valence-electron chi connectivity index (χ0n) is 6.23. The molecule has 0 saturated carbocycles. The molecule has 0 spiro atoms. The summed E-state index contributed by atoms with van der Waals surface area (Å²) >= 11 is 0. The summed E-state index contributed by atoms with van der Waals surface area (Å²) in [6.45, 7) is -1.06. The molecule has 0 amide bonds. The predicted molar refractivity (Wildman–Crippen MR) is 35.0 cm³/mol. The Hall–Kier alpha value is -0.500. The van der Waals surface area contributed by atoms with E-state index in [0.29, 0.717) is 0 Å². The minimum Gasteiger partial charge on any atom is -0.547 e. The third-order valence-corrected chi connectivity index (χ3v) is 1.59. The molecule has 78 valence electrons. The number of phosphoric acid groups is 1. The molecule has 8 nitrogen and oxygen atoms in total. The number of phosphoric ester groups is 1. The van der Waals surface area contributed by atoms with E-state index < -0.39 is 32.6 Å². The monoisotopic (exact) mass is 215 g/mol. The molecule has 4 N–H and O–H groups in total. The second-order valence-corrected chi connectivity index (χ2v) is 3.27. The molecule has 0 radical (unpaired) electrons. The van der Waals surface area contributed by atoms with Crippen molar-refractivity contribution >= 4 is 13.8 Å². The fraction of sp³-hybridized carbons (Fsp3) is 0.750. The Morgan fingerprint density at radius 2 is 2.00 bits per heavy atom. The number of carbonyl (C=O) groups is 1. The van der Waals surface area contributed by atoms with Gasteiger partial charge in [-0.25, -0.2) is 4.57 Å². The van der Waals surface area contributed by atoms with E-state index in [1.54, 1.807) is 0 Å². The highest BCUT2D eigenvalue weighted by molar-refractivity contribution is 7.46. The van der Waals surface area contributed by atoms with E-state index >= 15 is 0 Å². The fourth-order valence-electron chi connectivity index (χ4n) is 0.519. The highest BCUT2D eigenvalue weighted by Crippen LogP contribution is 2.38. The van der Waals surface area contributed by atoms with E-state index in [4.69, 9.17) is 20.0 Å². The first-order valence-corrected chi connectivity index (χ1v) is 4.54. The zero-order valence-corrected chi connectivity index (χ0v) is 7.13. The van der Waals surface area contributed by atoms with E-state index in [1.165, 1.54) is 0 Å². The molecular weight excluding hydrogens is 207 g/mol. The quantitative estimate of drug-likeness (QED) is 0.346. The molecule has 0 bridgehead atoms. The van der Waals surface area contributed by atoms with Gasteiger partial charge in [0.05, 0.1) is 12.6 Å². The van der Waals surface area contributed by atoms with Crippen molar-refractivity contribution in [2.75, 3.05) is 6.61 Å². The van der Waals surface area contributed by atoms with Crippen molar-refractivity contribution in [3.63, 3.8) is 0 Å². The first-order chi connectivity index (χ1) is 5.78. The van der Waals surface area contributed by atoms with Gasteiger partial charge >= 0.3 is 7.82 Å². The van der Waals surface area contributed by atoms with Gasteiger partial charge in [-0.05, 0) is 0 Å². The van der Waals surface area contributed by atoms with Crippen LogP contribution < -0.4 is 5.11 Å². The molecule has 0 rings (SSSR count). The molecule has 13 heavy (non-hydrogen) atoms. The van der Waals surface area contributed by atoms with Crippen molar-refractivity contribution in [3.05, 3.63) is 0 Å². The normalized spacial score (nSPS) is 16.6. The van der Waals surface area contributed by atoms with E-state index in [1.807, 2.05) is 0 Å². The van der Waals surface area contributed by atoms with Gasteiger partial charge in [0.25, 0.3) is 0 Å². The Balaban J connectivity index is 4.35. The second kappa shape index (κ2) is 4.66. The first-order valence-electron chi connectivity index (χ1n) is 3.01. The van der Waals surface area contributed by atoms with Gasteiger partial charge in [0.1, 0.15) is 12.2 Å². The summed E-state index contributed by atoms with van der Waals surface area (Å²) < 4.78 is 13.9. The van der Waals surface area contributed by atoms with Crippen LogP contribution in [0.1, 0.15) is 0 Å².